The predicted molar refractivity (Wildman–Crippen MR) is 79.9 cm³/mol. The first kappa shape index (κ1) is 15.9. The van der Waals surface area contributed by atoms with E-state index in [0.29, 0.717) is 6.42 Å². The maximum absolute atomic E-state index is 13.2. The minimum Gasteiger partial charge on any atom is -0.497 e. The number of benzene rings is 2. The van der Waals surface area contributed by atoms with Gasteiger partial charge in [0.15, 0.2) is 0 Å². The van der Waals surface area contributed by atoms with E-state index in [9.17, 15) is 13.6 Å². The van der Waals surface area contributed by atoms with Gasteiger partial charge in [-0.05, 0) is 36.2 Å². The molecule has 3 nitrogen and oxygen atoms in total. The fourth-order valence-electron chi connectivity index (χ4n) is 2.18. The molecule has 0 aliphatic rings. The van der Waals surface area contributed by atoms with Crippen LogP contribution >= 0.6 is 0 Å². The average molecular weight is 305 g/mol. The lowest BCUT2D eigenvalue weighted by molar-refractivity contribution is 0.0934. The molecule has 0 unspecified atom stereocenters. The van der Waals surface area contributed by atoms with Crippen molar-refractivity contribution >= 4 is 5.91 Å². The Kier molecular flexibility index (Phi) is 5.09. The molecular weight excluding hydrogens is 288 g/mol. The van der Waals surface area contributed by atoms with Gasteiger partial charge in [-0.25, -0.2) is 8.78 Å². The highest BCUT2D eigenvalue weighted by molar-refractivity contribution is 5.94. The van der Waals surface area contributed by atoms with Gasteiger partial charge in [0, 0.05) is 11.6 Å². The first-order valence-corrected chi connectivity index (χ1v) is 6.94. The van der Waals surface area contributed by atoms with Gasteiger partial charge >= 0.3 is 0 Å². The molecule has 0 aliphatic heterocycles. The summed E-state index contributed by atoms with van der Waals surface area (Å²) < 4.78 is 31.4. The van der Waals surface area contributed by atoms with Crippen molar-refractivity contribution in [2.45, 2.75) is 19.4 Å². The molecule has 0 radical (unpaired) electrons. The van der Waals surface area contributed by atoms with E-state index < -0.39 is 17.5 Å². The molecule has 1 atom stereocenters. The van der Waals surface area contributed by atoms with Gasteiger partial charge in [0.1, 0.15) is 17.4 Å². The van der Waals surface area contributed by atoms with Crippen LogP contribution in [0.5, 0.6) is 5.75 Å². The van der Waals surface area contributed by atoms with Gasteiger partial charge < -0.3 is 10.1 Å². The number of methoxy groups -OCH3 is 1. The minimum atomic E-state index is -0.775. The quantitative estimate of drug-likeness (QED) is 0.911. The van der Waals surface area contributed by atoms with Crippen molar-refractivity contribution in [3.63, 3.8) is 0 Å². The summed E-state index contributed by atoms with van der Waals surface area (Å²) in [6.07, 6.45) is 0.649. The molecule has 116 valence electrons. The predicted octanol–water partition coefficient (Wildman–Crippen LogP) is 3.85. The molecule has 1 amide bonds. The number of nitrogens with one attached hydrogen (secondary N) is 1. The molecule has 2 rings (SSSR count). The van der Waals surface area contributed by atoms with Crippen LogP contribution in [0.3, 0.4) is 0 Å². The molecule has 22 heavy (non-hydrogen) atoms. The Morgan fingerprint density at radius 2 is 1.73 bits per heavy atom. The second kappa shape index (κ2) is 7.02. The van der Waals surface area contributed by atoms with Crippen molar-refractivity contribution in [1.29, 1.82) is 0 Å². The number of amides is 1. The molecule has 2 aromatic rings. The van der Waals surface area contributed by atoms with Crippen LogP contribution in [0.2, 0.25) is 0 Å². The van der Waals surface area contributed by atoms with E-state index in [1.807, 2.05) is 19.1 Å². The summed E-state index contributed by atoms with van der Waals surface area (Å²) in [7, 11) is 1.58. The second-order valence-electron chi connectivity index (χ2n) is 4.87. The fraction of sp³-hybridized carbons (Fsp3) is 0.235. The summed E-state index contributed by atoms with van der Waals surface area (Å²) >= 11 is 0. The van der Waals surface area contributed by atoms with E-state index in [-0.39, 0.29) is 11.6 Å². The lowest BCUT2D eigenvalue weighted by Crippen LogP contribution is -2.28. The summed E-state index contributed by atoms with van der Waals surface area (Å²) in [6, 6.07) is 9.80. The molecule has 2 aromatic carbocycles. The smallest absolute Gasteiger partial charge is 0.251 e. The normalized spacial score (nSPS) is 11.8. The third kappa shape index (κ3) is 3.81. The third-order valence-electron chi connectivity index (χ3n) is 3.36. The van der Waals surface area contributed by atoms with Crippen LogP contribution in [0.25, 0.3) is 0 Å². The Balaban J connectivity index is 2.16. The van der Waals surface area contributed by atoms with Crippen LogP contribution in [0.1, 0.15) is 35.3 Å². The van der Waals surface area contributed by atoms with Crippen LogP contribution in [0.4, 0.5) is 8.78 Å². The van der Waals surface area contributed by atoms with Gasteiger partial charge in [-0.2, -0.15) is 0 Å². The van der Waals surface area contributed by atoms with E-state index in [4.69, 9.17) is 4.74 Å². The second-order valence-corrected chi connectivity index (χ2v) is 4.87. The highest BCUT2D eigenvalue weighted by Crippen LogP contribution is 2.21. The zero-order valence-electron chi connectivity index (χ0n) is 12.4. The molecule has 0 aromatic heterocycles. The lowest BCUT2D eigenvalue weighted by Gasteiger charge is -2.18. The Bertz CT molecular complexity index is 636. The highest BCUT2D eigenvalue weighted by atomic mass is 19.1. The molecule has 0 heterocycles. The summed E-state index contributed by atoms with van der Waals surface area (Å²) in [4.78, 5) is 12.1. The number of rotatable bonds is 5. The minimum absolute atomic E-state index is 0.0375. The van der Waals surface area contributed by atoms with Crippen molar-refractivity contribution in [1.82, 2.24) is 5.32 Å². The van der Waals surface area contributed by atoms with Gasteiger partial charge in [-0.1, -0.05) is 19.1 Å². The number of ether oxygens (including phenoxy) is 1. The average Bonchev–Trinajstić information content (AvgIpc) is 2.51. The topological polar surface area (TPSA) is 38.3 Å². The van der Waals surface area contributed by atoms with Crippen molar-refractivity contribution in [3.05, 3.63) is 65.2 Å². The zero-order chi connectivity index (χ0) is 16.1. The van der Waals surface area contributed by atoms with Gasteiger partial charge in [-0.15, -0.1) is 0 Å². The first-order chi connectivity index (χ1) is 10.5. The maximum atomic E-state index is 13.2. The molecule has 0 saturated carbocycles. The van der Waals surface area contributed by atoms with Crippen LogP contribution in [-0.4, -0.2) is 13.0 Å². The Labute approximate surface area is 127 Å². The number of hydrogen-bond donors (Lipinski definition) is 1. The molecule has 0 saturated heterocycles. The molecule has 0 spiro atoms. The number of carbonyl (C=O) groups excluding carboxylic acids is 1. The number of halogens is 2. The van der Waals surface area contributed by atoms with E-state index in [2.05, 4.69) is 5.32 Å². The van der Waals surface area contributed by atoms with E-state index in [1.54, 1.807) is 19.2 Å². The first-order valence-electron chi connectivity index (χ1n) is 6.94. The molecular formula is C17H17F2NO2. The number of carbonyl (C=O) groups is 1. The Morgan fingerprint density at radius 1 is 1.14 bits per heavy atom. The van der Waals surface area contributed by atoms with Crippen molar-refractivity contribution in [2.24, 2.45) is 0 Å². The van der Waals surface area contributed by atoms with E-state index in [0.717, 1.165) is 29.5 Å². The van der Waals surface area contributed by atoms with Gasteiger partial charge in [0.2, 0.25) is 0 Å². The van der Waals surface area contributed by atoms with Gasteiger partial charge in [0.05, 0.1) is 13.2 Å². The molecule has 1 N–H and O–H groups in total. The Morgan fingerprint density at radius 3 is 2.23 bits per heavy atom. The standard InChI is InChI=1S/C17H17F2NO2/c1-3-16(11-4-6-15(22-2)7-5-11)20-17(21)12-8-13(18)10-14(19)9-12/h4-10,16H,3H2,1-2H3,(H,20,21)/t16-/m1/s1. The van der Waals surface area contributed by atoms with Crippen LogP contribution in [0.15, 0.2) is 42.5 Å². The van der Waals surface area contributed by atoms with Gasteiger partial charge in [-0.3, -0.25) is 4.79 Å². The SMILES string of the molecule is CC[C@@H](NC(=O)c1cc(F)cc(F)c1)c1ccc(OC)cc1. The van der Waals surface area contributed by atoms with Gasteiger partial charge in [0.25, 0.3) is 5.91 Å². The van der Waals surface area contributed by atoms with Crippen molar-refractivity contribution in [2.75, 3.05) is 7.11 Å². The van der Waals surface area contributed by atoms with E-state index in [1.165, 1.54) is 0 Å². The molecule has 5 heteroatoms. The summed E-state index contributed by atoms with van der Waals surface area (Å²) in [5, 5.41) is 2.78. The maximum Gasteiger partial charge on any atom is 0.251 e. The lowest BCUT2D eigenvalue weighted by atomic mass is 10.0. The molecule has 0 fully saturated rings. The van der Waals surface area contributed by atoms with Crippen LogP contribution in [-0.2, 0) is 0 Å². The molecule has 0 bridgehead atoms. The summed E-state index contributed by atoms with van der Waals surface area (Å²) in [6.45, 7) is 1.92. The third-order valence-corrected chi connectivity index (χ3v) is 3.36. The van der Waals surface area contributed by atoms with Crippen molar-refractivity contribution < 1.29 is 18.3 Å². The van der Waals surface area contributed by atoms with E-state index >= 15 is 0 Å². The fourth-order valence-corrected chi connectivity index (χ4v) is 2.18. The van der Waals surface area contributed by atoms with Crippen LogP contribution < -0.4 is 10.1 Å². The van der Waals surface area contributed by atoms with Crippen LogP contribution in [0, 0.1) is 11.6 Å². The van der Waals surface area contributed by atoms with Crippen molar-refractivity contribution in [3.8, 4) is 5.75 Å². The monoisotopic (exact) mass is 305 g/mol. The molecule has 0 aliphatic carbocycles. The largest absolute Gasteiger partial charge is 0.497 e. The Hall–Kier alpha value is -2.43. The zero-order valence-corrected chi connectivity index (χ0v) is 12.4. The summed E-state index contributed by atoms with van der Waals surface area (Å²) in [5.41, 5.74) is 0.859. The highest BCUT2D eigenvalue weighted by Gasteiger charge is 2.15. The number of hydrogen-bond acceptors (Lipinski definition) is 2. The summed E-state index contributed by atoms with van der Waals surface area (Å²) in [5.74, 6) is -1.34.